The van der Waals surface area contributed by atoms with Crippen LogP contribution in [0.15, 0.2) is 39.9 Å². The van der Waals surface area contributed by atoms with Crippen LogP contribution in [-0.4, -0.2) is 37.8 Å². The minimum absolute atomic E-state index is 0.0904. The summed E-state index contributed by atoms with van der Waals surface area (Å²) in [6, 6.07) is 10.3. The molecule has 8 nitrogen and oxygen atoms in total. The van der Waals surface area contributed by atoms with Crippen molar-refractivity contribution < 1.29 is 0 Å². The SMILES string of the molecule is Cn1c(=O)c2c(nc(N3CCCC(N)C3)n2CCc2ccccc2)n(CC2CC2)c1=O. The van der Waals surface area contributed by atoms with Crippen molar-refractivity contribution >= 4 is 17.1 Å². The quantitative estimate of drug-likeness (QED) is 0.650. The van der Waals surface area contributed by atoms with Crippen LogP contribution in [-0.2, 0) is 26.6 Å². The van der Waals surface area contributed by atoms with E-state index in [2.05, 4.69) is 17.0 Å². The summed E-state index contributed by atoms with van der Waals surface area (Å²) in [5.41, 5.74) is 7.94. The maximum atomic E-state index is 13.2. The molecule has 31 heavy (non-hydrogen) atoms. The van der Waals surface area contributed by atoms with Crippen LogP contribution in [0.3, 0.4) is 0 Å². The van der Waals surface area contributed by atoms with Gasteiger partial charge in [0, 0.05) is 39.3 Å². The van der Waals surface area contributed by atoms with E-state index >= 15 is 0 Å². The number of imidazole rings is 1. The number of fused-ring (bicyclic) bond motifs is 1. The van der Waals surface area contributed by atoms with Crippen molar-refractivity contribution in [3.63, 3.8) is 0 Å². The predicted octanol–water partition coefficient (Wildman–Crippen LogP) is 1.48. The Balaban J connectivity index is 1.66. The van der Waals surface area contributed by atoms with Crippen LogP contribution in [0, 0.1) is 5.92 Å². The largest absolute Gasteiger partial charge is 0.341 e. The Morgan fingerprint density at radius 1 is 1.10 bits per heavy atom. The van der Waals surface area contributed by atoms with Gasteiger partial charge in [-0.3, -0.25) is 13.9 Å². The summed E-state index contributed by atoms with van der Waals surface area (Å²) in [7, 11) is 1.57. The van der Waals surface area contributed by atoms with E-state index in [1.165, 1.54) is 10.1 Å². The normalized spacial score (nSPS) is 19.3. The summed E-state index contributed by atoms with van der Waals surface area (Å²) in [5, 5.41) is 0. The fourth-order valence-corrected chi connectivity index (χ4v) is 4.60. The Hall–Kier alpha value is -2.87. The molecule has 2 aromatic heterocycles. The van der Waals surface area contributed by atoms with Gasteiger partial charge >= 0.3 is 5.69 Å². The number of piperidine rings is 1. The van der Waals surface area contributed by atoms with Crippen LogP contribution in [0.5, 0.6) is 0 Å². The first-order valence-corrected chi connectivity index (χ1v) is 11.3. The molecule has 164 valence electrons. The third-order valence-electron chi connectivity index (χ3n) is 6.56. The van der Waals surface area contributed by atoms with E-state index in [0.29, 0.717) is 36.7 Å². The lowest BCUT2D eigenvalue weighted by molar-refractivity contribution is 0.493. The average molecular weight is 423 g/mol. The lowest BCUT2D eigenvalue weighted by Crippen LogP contribution is -2.44. The van der Waals surface area contributed by atoms with Gasteiger partial charge in [0.25, 0.3) is 5.56 Å². The van der Waals surface area contributed by atoms with Gasteiger partial charge in [0.1, 0.15) is 0 Å². The molecule has 5 rings (SSSR count). The van der Waals surface area contributed by atoms with Crippen LogP contribution in [0.4, 0.5) is 5.95 Å². The first-order valence-electron chi connectivity index (χ1n) is 11.3. The first kappa shape index (κ1) is 20.1. The monoisotopic (exact) mass is 422 g/mol. The maximum Gasteiger partial charge on any atom is 0.332 e. The van der Waals surface area contributed by atoms with Crippen LogP contribution in [0.1, 0.15) is 31.2 Å². The summed E-state index contributed by atoms with van der Waals surface area (Å²) in [4.78, 5) is 33.3. The molecule has 1 aliphatic carbocycles. The van der Waals surface area contributed by atoms with Crippen molar-refractivity contribution in [3.05, 3.63) is 56.7 Å². The zero-order chi connectivity index (χ0) is 21.5. The number of nitrogens with zero attached hydrogens (tertiary/aromatic N) is 5. The van der Waals surface area contributed by atoms with Crippen molar-refractivity contribution in [2.45, 2.75) is 51.2 Å². The molecule has 1 unspecified atom stereocenters. The molecule has 0 bridgehead atoms. The zero-order valence-corrected chi connectivity index (χ0v) is 18.0. The second-order valence-electron chi connectivity index (χ2n) is 9.02. The molecule has 1 atom stereocenters. The lowest BCUT2D eigenvalue weighted by atomic mass is 10.1. The second kappa shape index (κ2) is 8.00. The molecule has 3 aromatic rings. The van der Waals surface area contributed by atoms with Gasteiger partial charge in [0.2, 0.25) is 5.95 Å². The number of aryl methyl sites for hydroxylation is 2. The van der Waals surface area contributed by atoms with Crippen LogP contribution < -0.4 is 21.9 Å². The third kappa shape index (κ3) is 3.80. The number of anilines is 1. The summed E-state index contributed by atoms with van der Waals surface area (Å²) < 4.78 is 4.96. The summed E-state index contributed by atoms with van der Waals surface area (Å²) in [5.74, 6) is 1.26. The highest BCUT2D eigenvalue weighted by atomic mass is 16.2. The summed E-state index contributed by atoms with van der Waals surface area (Å²) in [6.07, 6.45) is 5.02. The molecule has 1 saturated heterocycles. The number of nitrogens with two attached hydrogens (primary N) is 1. The zero-order valence-electron chi connectivity index (χ0n) is 18.0. The van der Waals surface area contributed by atoms with Crippen molar-refractivity contribution in [2.75, 3.05) is 18.0 Å². The van der Waals surface area contributed by atoms with Gasteiger partial charge in [0.15, 0.2) is 11.2 Å². The number of aromatic nitrogens is 4. The number of hydrogen-bond acceptors (Lipinski definition) is 5. The van der Waals surface area contributed by atoms with Gasteiger partial charge in [-0.15, -0.1) is 0 Å². The molecule has 1 aromatic carbocycles. The molecule has 2 N–H and O–H groups in total. The van der Waals surface area contributed by atoms with Crippen molar-refractivity contribution in [1.82, 2.24) is 18.7 Å². The summed E-state index contributed by atoms with van der Waals surface area (Å²) >= 11 is 0. The van der Waals surface area contributed by atoms with Crippen LogP contribution >= 0.6 is 0 Å². The minimum Gasteiger partial charge on any atom is -0.341 e. The molecule has 0 amide bonds. The predicted molar refractivity (Wildman–Crippen MR) is 122 cm³/mol. The number of benzene rings is 1. The molecule has 3 heterocycles. The minimum atomic E-state index is -0.279. The van der Waals surface area contributed by atoms with E-state index in [4.69, 9.17) is 10.7 Å². The van der Waals surface area contributed by atoms with Crippen molar-refractivity contribution in [3.8, 4) is 0 Å². The van der Waals surface area contributed by atoms with Gasteiger partial charge in [-0.05, 0) is 43.6 Å². The first-order chi connectivity index (χ1) is 15.0. The van der Waals surface area contributed by atoms with Gasteiger partial charge in [-0.1, -0.05) is 30.3 Å². The Morgan fingerprint density at radius 2 is 1.87 bits per heavy atom. The topological polar surface area (TPSA) is 91.1 Å². The van der Waals surface area contributed by atoms with Crippen molar-refractivity contribution in [2.24, 2.45) is 18.7 Å². The number of rotatable bonds is 6. The van der Waals surface area contributed by atoms with E-state index in [-0.39, 0.29) is 17.3 Å². The molecular weight excluding hydrogens is 392 g/mol. The average Bonchev–Trinajstić information content (AvgIpc) is 3.52. The second-order valence-corrected chi connectivity index (χ2v) is 9.02. The molecule has 8 heteroatoms. The van der Waals surface area contributed by atoms with Gasteiger partial charge in [-0.2, -0.15) is 4.98 Å². The fraction of sp³-hybridized carbons (Fsp3) is 0.522. The molecular formula is C23H30N6O2. The van der Waals surface area contributed by atoms with E-state index in [9.17, 15) is 9.59 Å². The smallest absolute Gasteiger partial charge is 0.332 e. The van der Waals surface area contributed by atoms with Gasteiger partial charge < -0.3 is 15.2 Å². The number of hydrogen-bond donors (Lipinski definition) is 1. The van der Waals surface area contributed by atoms with Crippen LogP contribution in [0.2, 0.25) is 0 Å². The fourth-order valence-electron chi connectivity index (χ4n) is 4.60. The maximum absolute atomic E-state index is 13.2. The van der Waals surface area contributed by atoms with Gasteiger partial charge in [0.05, 0.1) is 0 Å². The van der Waals surface area contributed by atoms with Crippen LogP contribution in [0.25, 0.3) is 11.2 Å². The highest BCUT2D eigenvalue weighted by Crippen LogP contribution is 2.31. The highest BCUT2D eigenvalue weighted by molar-refractivity contribution is 5.74. The molecule has 0 radical (unpaired) electrons. The Morgan fingerprint density at radius 3 is 2.58 bits per heavy atom. The molecule has 2 aliphatic rings. The van der Waals surface area contributed by atoms with E-state index in [1.807, 2.05) is 22.8 Å². The highest BCUT2D eigenvalue weighted by Gasteiger charge is 2.29. The van der Waals surface area contributed by atoms with E-state index in [0.717, 1.165) is 44.6 Å². The van der Waals surface area contributed by atoms with Gasteiger partial charge in [-0.25, -0.2) is 4.79 Å². The standard InChI is InChI=1S/C23H30N6O2/c1-26-21(30)19-20(29(23(26)31)14-17-9-10-17)25-22(27-12-5-8-18(24)15-27)28(19)13-11-16-6-3-2-4-7-16/h2-4,6-7,17-18H,5,8-15,24H2,1H3. The van der Waals surface area contributed by atoms with E-state index in [1.54, 1.807) is 11.6 Å². The molecule has 2 fully saturated rings. The summed E-state index contributed by atoms with van der Waals surface area (Å²) in [6.45, 7) is 2.81. The third-order valence-corrected chi connectivity index (χ3v) is 6.56. The Bertz CT molecular complexity index is 1200. The van der Waals surface area contributed by atoms with E-state index < -0.39 is 0 Å². The molecule has 1 aliphatic heterocycles. The molecule has 1 saturated carbocycles. The van der Waals surface area contributed by atoms with Crippen molar-refractivity contribution in [1.29, 1.82) is 0 Å². The lowest BCUT2D eigenvalue weighted by Gasteiger charge is -2.31. The Kier molecular flexibility index (Phi) is 5.17. The molecule has 0 spiro atoms. The Labute approximate surface area is 180 Å².